The second-order valence-electron chi connectivity index (χ2n) is 6.61. The molecule has 134 valence electrons. The number of nitrogens with zero attached hydrogens (tertiary/aromatic N) is 3. The van der Waals surface area contributed by atoms with Crippen LogP contribution in [0.1, 0.15) is 40.6 Å². The lowest BCUT2D eigenvalue weighted by Gasteiger charge is -2.17. The molecular formula is C20H22N4OS. The quantitative estimate of drug-likeness (QED) is 0.743. The van der Waals surface area contributed by atoms with Crippen LogP contribution in [0.3, 0.4) is 0 Å². The van der Waals surface area contributed by atoms with Gasteiger partial charge in [0.05, 0.1) is 10.9 Å². The summed E-state index contributed by atoms with van der Waals surface area (Å²) < 4.78 is 0. The van der Waals surface area contributed by atoms with Gasteiger partial charge < -0.3 is 10.2 Å². The monoisotopic (exact) mass is 366 g/mol. The average molecular weight is 366 g/mol. The summed E-state index contributed by atoms with van der Waals surface area (Å²) in [6.07, 6.45) is 4.93. The van der Waals surface area contributed by atoms with Crippen LogP contribution >= 0.6 is 11.3 Å². The smallest absolute Gasteiger partial charge is 0.257 e. The number of nitrogens with one attached hydrogen (secondary N) is 1. The third-order valence-electron chi connectivity index (χ3n) is 4.90. The molecule has 2 aromatic heterocycles. The van der Waals surface area contributed by atoms with E-state index in [0.717, 1.165) is 46.1 Å². The van der Waals surface area contributed by atoms with E-state index in [1.165, 1.54) is 18.4 Å². The molecule has 1 aromatic carbocycles. The minimum Gasteiger partial charge on any atom is -0.356 e. The third-order valence-corrected chi connectivity index (χ3v) is 5.91. The number of amides is 1. The van der Waals surface area contributed by atoms with Crippen molar-refractivity contribution in [2.75, 3.05) is 23.3 Å². The summed E-state index contributed by atoms with van der Waals surface area (Å²) in [6, 6.07) is 8.01. The molecule has 6 heteroatoms. The number of hydrogen-bond acceptors (Lipinski definition) is 5. The van der Waals surface area contributed by atoms with Crippen LogP contribution in [0.4, 0.5) is 11.5 Å². The van der Waals surface area contributed by atoms with E-state index in [1.807, 2.05) is 31.2 Å². The van der Waals surface area contributed by atoms with Gasteiger partial charge in [0.2, 0.25) is 0 Å². The second kappa shape index (κ2) is 7.03. The number of aryl methyl sites for hydroxylation is 2. The number of benzene rings is 1. The Hall–Kier alpha value is -2.47. The van der Waals surface area contributed by atoms with Crippen LogP contribution in [0.2, 0.25) is 0 Å². The molecule has 1 fully saturated rings. The van der Waals surface area contributed by atoms with Crippen molar-refractivity contribution in [3.8, 4) is 0 Å². The zero-order valence-corrected chi connectivity index (χ0v) is 15.9. The van der Waals surface area contributed by atoms with Crippen LogP contribution in [0, 0.1) is 6.92 Å². The molecule has 0 aliphatic carbocycles. The summed E-state index contributed by atoms with van der Waals surface area (Å²) in [4.78, 5) is 26.1. The van der Waals surface area contributed by atoms with Crippen LogP contribution in [-0.4, -0.2) is 29.0 Å². The number of rotatable bonds is 4. The lowest BCUT2D eigenvalue weighted by molar-refractivity contribution is 0.102. The van der Waals surface area contributed by atoms with Crippen molar-refractivity contribution in [1.29, 1.82) is 0 Å². The first kappa shape index (κ1) is 17.0. The van der Waals surface area contributed by atoms with E-state index >= 15 is 0 Å². The topological polar surface area (TPSA) is 58.1 Å². The molecule has 3 heterocycles. The lowest BCUT2D eigenvalue weighted by Crippen LogP contribution is -2.20. The maximum absolute atomic E-state index is 13.1. The van der Waals surface area contributed by atoms with Gasteiger partial charge in [0.1, 0.15) is 17.0 Å². The molecule has 0 saturated carbocycles. The molecule has 5 nitrogen and oxygen atoms in total. The predicted octanol–water partition coefficient (Wildman–Crippen LogP) is 4.41. The highest BCUT2D eigenvalue weighted by Crippen LogP contribution is 2.36. The first-order valence-electron chi connectivity index (χ1n) is 9.06. The number of aromatic nitrogens is 2. The molecular weight excluding hydrogens is 344 g/mol. The van der Waals surface area contributed by atoms with Crippen LogP contribution in [0.5, 0.6) is 0 Å². The number of carbonyl (C=O) groups is 1. The summed E-state index contributed by atoms with van der Waals surface area (Å²) in [6.45, 7) is 6.07. The maximum atomic E-state index is 13.1. The normalized spacial score (nSPS) is 14.2. The van der Waals surface area contributed by atoms with Gasteiger partial charge in [-0.15, -0.1) is 11.3 Å². The molecule has 4 rings (SSSR count). The molecule has 0 radical (unpaired) electrons. The predicted molar refractivity (Wildman–Crippen MR) is 107 cm³/mol. The zero-order chi connectivity index (χ0) is 18.1. The van der Waals surface area contributed by atoms with Crippen LogP contribution in [0.15, 0.2) is 30.6 Å². The van der Waals surface area contributed by atoms with E-state index < -0.39 is 0 Å². The molecule has 0 atom stereocenters. The van der Waals surface area contributed by atoms with E-state index in [2.05, 4.69) is 27.1 Å². The van der Waals surface area contributed by atoms with Gasteiger partial charge >= 0.3 is 0 Å². The van der Waals surface area contributed by atoms with Crippen molar-refractivity contribution in [3.63, 3.8) is 0 Å². The number of carbonyl (C=O) groups excluding carboxylic acids is 1. The first-order chi connectivity index (χ1) is 12.7. The number of anilines is 2. The number of hydrogen-bond donors (Lipinski definition) is 1. The Morgan fingerprint density at radius 2 is 1.92 bits per heavy atom. The standard InChI is InChI=1S/C20H22N4OS/c1-3-14-6-8-15(9-7-14)23-19(25)16-13(2)26-20-17(16)18(21-12-22-20)24-10-4-5-11-24/h6-9,12H,3-5,10-11H2,1-2H3,(H,23,25). The molecule has 3 aromatic rings. The average Bonchev–Trinajstić information content (AvgIpc) is 3.29. The van der Waals surface area contributed by atoms with Crippen molar-refractivity contribution < 1.29 is 4.79 Å². The molecule has 26 heavy (non-hydrogen) atoms. The number of thiophene rings is 1. The summed E-state index contributed by atoms with van der Waals surface area (Å²) in [5, 5.41) is 3.93. The minimum absolute atomic E-state index is 0.0896. The van der Waals surface area contributed by atoms with Gasteiger partial charge in [-0.05, 0) is 43.9 Å². The summed E-state index contributed by atoms with van der Waals surface area (Å²) in [7, 11) is 0. The van der Waals surface area contributed by atoms with Gasteiger partial charge in [-0.25, -0.2) is 9.97 Å². The van der Waals surface area contributed by atoms with Gasteiger partial charge in [0, 0.05) is 23.7 Å². The maximum Gasteiger partial charge on any atom is 0.257 e. The first-order valence-corrected chi connectivity index (χ1v) is 9.88. The molecule has 1 N–H and O–H groups in total. The van der Waals surface area contributed by atoms with E-state index in [0.29, 0.717) is 5.56 Å². The zero-order valence-electron chi connectivity index (χ0n) is 15.1. The van der Waals surface area contributed by atoms with Gasteiger partial charge in [-0.3, -0.25) is 4.79 Å². The lowest BCUT2D eigenvalue weighted by atomic mass is 10.1. The van der Waals surface area contributed by atoms with Crippen LogP contribution in [0.25, 0.3) is 10.2 Å². The summed E-state index contributed by atoms with van der Waals surface area (Å²) >= 11 is 1.56. The Morgan fingerprint density at radius 3 is 2.62 bits per heavy atom. The fourth-order valence-electron chi connectivity index (χ4n) is 3.49. The van der Waals surface area contributed by atoms with E-state index in [4.69, 9.17) is 0 Å². The number of fused-ring (bicyclic) bond motifs is 1. The van der Waals surface area contributed by atoms with Crippen LogP contribution < -0.4 is 10.2 Å². The Balaban J connectivity index is 1.72. The molecule has 1 amide bonds. The Bertz CT molecular complexity index is 942. The SMILES string of the molecule is CCc1ccc(NC(=O)c2c(C)sc3ncnc(N4CCCC4)c23)cc1. The minimum atomic E-state index is -0.0896. The molecule has 1 aliphatic rings. The Morgan fingerprint density at radius 1 is 1.19 bits per heavy atom. The van der Waals surface area contributed by atoms with Gasteiger partial charge in [0.15, 0.2) is 0 Å². The summed E-state index contributed by atoms with van der Waals surface area (Å²) in [5.41, 5.74) is 2.77. The molecule has 0 bridgehead atoms. The van der Waals surface area contributed by atoms with Crippen molar-refractivity contribution in [1.82, 2.24) is 9.97 Å². The van der Waals surface area contributed by atoms with E-state index in [9.17, 15) is 4.79 Å². The van der Waals surface area contributed by atoms with Crippen LogP contribution in [-0.2, 0) is 6.42 Å². The highest BCUT2D eigenvalue weighted by molar-refractivity contribution is 7.19. The molecule has 0 unspecified atom stereocenters. The van der Waals surface area contributed by atoms with Gasteiger partial charge in [0.25, 0.3) is 5.91 Å². The highest BCUT2D eigenvalue weighted by atomic mass is 32.1. The fraction of sp³-hybridized carbons (Fsp3) is 0.350. The fourth-order valence-corrected chi connectivity index (χ4v) is 4.47. The summed E-state index contributed by atoms with van der Waals surface area (Å²) in [5.74, 6) is 0.802. The second-order valence-corrected chi connectivity index (χ2v) is 7.81. The van der Waals surface area contributed by atoms with Gasteiger partial charge in [-0.1, -0.05) is 19.1 Å². The van der Waals surface area contributed by atoms with E-state index in [1.54, 1.807) is 17.7 Å². The highest BCUT2D eigenvalue weighted by Gasteiger charge is 2.24. The molecule has 0 spiro atoms. The van der Waals surface area contributed by atoms with E-state index in [-0.39, 0.29) is 5.91 Å². The molecule has 1 aliphatic heterocycles. The largest absolute Gasteiger partial charge is 0.356 e. The van der Waals surface area contributed by atoms with Crippen molar-refractivity contribution in [2.24, 2.45) is 0 Å². The Labute approximate surface area is 157 Å². The molecule has 1 saturated heterocycles. The third kappa shape index (κ3) is 3.05. The van der Waals surface area contributed by atoms with Crippen molar-refractivity contribution in [3.05, 3.63) is 46.6 Å². The van der Waals surface area contributed by atoms with Gasteiger partial charge in [-0.2, -0.15) is 0 Å². The van der Waals surface area contributed by atoms with Crippen molar-refractivity contribution in [2.45, 2.75) is 33.1 Å². The van der Waals surface area contributed by atoms with Crippen molar-refractivity contribution >= 4 is 39.0 Å². The Kier molecular flexibility index (Phi) is 4.59.